The molecule has 0 fully saturated rings. The van der Waals surface area contributed by atoms with E-state index in [-0.39, 0.29) is 0 Å². The third-order valence-corrected chi connectivity index (χ3v) is 2.13. The van der Waals surface area contributed by atoms with Crippen molar-refractivity contribution in [1.29, 1.82) is 0 Å². The molecule has 3 heteroatoms. The van der Waals surface area contributed by atoms with Crippen LogP contribution in [0.1, 0.15) is 24.2 Å². The maximum atomic E-state index is 11.0. The molecule has 14 heavy (non-hydrogen) atoms. The van der Waals surface area contributed by atoms with Crippen molar-refractivity contribution in [3.05, 3.63) is 35.4 Å². The van der Waals surface area contributed by atoms with Gasteiger partial charge in [-0.25, -0.2) is 4.79 Å². The van der Waals surface area contributed by atoms with Gasteiger partial charge in [0, 0.05) is 0 Å². The fourth-order valence-electron chi connectivity index (χ4n) is 1.18. The Labute approximate surface area is 83.3 Å². The quantitative estimate of drug-likeness (QED) is 0.741. The summed E-state index contributed by atoms with van der Waals surface area (Å²) in [7, 11) is 1.26. The van der Waals surface area contributed by atoms with Gasteiger partial charge in [0.1, 0.15) is 0 Å². The second-order valence-corrected chi connectivity index (χ2v) is 3.02. The Hall–Kier alpha value is -1.35. The van der Waals surface area contributed by atoms with Gasteiger partial charge in [-0.1, -0.05) is 31.2 Å². The highest BCUT2D eigenvalue weighted by Crippen LogP contribution is 2.15. The van der Waals surface area contributed by atoms with Crippen LogP contribution in [0.3, 0.4) is 0 Å². The molecule has 0 saturated heterocycles. The van der Waals surface area contributed by atoms with Gasteiger partial charge in [-0.15, -0.1) is 0 Å². The predicted octanol–water partition coefficient (Wildman–Crippen LogP) is 1.46. The summed E-state index contributed by atoms with van der Waals surface area (Å²) in [6.45, 7) is 2.05. The number of aliphatic hydroxyl groups excluding tert-OH is 1. The Morgan fingerprint density at radius 1 is 1.43 bits per heavy atom. The minimum Gasteiger partial charge on any atom is -0.467 e. The molecule has 1 aromatic rings. The van der Waals surface area contributed by atoms with Crippen LogP contribution in [-0.4, -0.2) is 18.2 Å². The van der Waals surface area contributed by atoms with E-state index in [1.165, 1.54) is 12.7 Å². The van der Waals surface area contributed by atoms with Gasteiger partial charge in [-0.2, -0.15) is 0 Å². The van der Waals surface area contributed by atoms with Crippen molar-refractivity contribution in [2.75, 3.05) is 7.11 Å². The number of hydrogen-bond donors (Lipinski definition) is 1. The molecule has 1 N–H and O–H groups in total. The lowest BCUT2D eigenvalue weighted by atomic mass is 10.1. The molecule has 0 aliphatic carbocycles. The van der Waals surface area contributed by atoms with Crippen molar-refractivity contribution in [1.82, 2.24) is 0 Å². The molecule has 0 heterocycles. The Balaban J connectivity index is 2.81. The van der Waals surface area contributed by atoms with E-state index < -0.39 is 12.1 Å². The second-order valence-electron chi connectivity index (χ2n) is 3.02. The summed E-state index contributed by atoms with van der Waals surface area (Å²) in [6, 6.07) is 7.25. The van der Waals surface area contributed by atoms with E-state index in [4.69, 9.17) is 0 Å². The molecule has 0 aromatic heterocycles. The molecule has 0 aliphatic heterocycles. The van der Waals surface area contributed by atoms with E-state index in [0.717, 1.165) is 6.42 Å². The van der Waals surface area contributed by atoms with Crippen LogP contribution in [0.15, 0.2) is 24.3 Å². The Morgan fingerprint density at radius 2 is 2.00 bits per heavy atom. The van der Waals surface area contributed by atoms with Crippen LogP contribution in [0.4, 0.5) is 0 Å². The van der Waals surface area contributed by atoms with E-state index in [2.05, 4.69) is 4.74 Å². The normalized spacial score (nSPS) is 12.2. The first-order valence-electron chi connectivity index (χ1n) is 4.53. The van der Waals surface area contributed by atoms with Crippen molar-refractivity contribution >= 4 is 5.97 Å². The lowest BCUT2D eigenvalue weighted by Crippen LogP contribution is -2.13. The average molecular weight is 194 g/mol. The van der Waals surface area contributed by atoms with Gasteiger partial charge in [0.25, 0.3) is 0 Å². The first kappa shape index (κ1) is 10.7. The first-order valence-corrected chi connectivity index (χ1v) is 4.53. The summed E-state index contributed by atoms with van der Waals surface area (Å²) in [5.74, 6) is -0.630. The van der Waals surface area contributed by atoms with Crippen LogP contribution in [0.25, 0.3) is 0 Å². The highest BCUT2D eigenvalue weighted by molar-refractivity contribution is 5.76. The number of hydrogen-bond acceptors (Lipinski definition) is 3. The van der Waals surface area contributed by atoms with Gasteiger partial charge in [-0.3, -0.25) is 0 Å². The van der Waals surface area contributed by atoms with E-state index >= 15 is 0 Å². The summed E-state index contributed by atoms with van der Waals surface area (Å²) in [6.07, 6.45) is -0.236. The minimum atomic E-state index is -1.18. The van der Waals surface area contributed by atoms with Crippen LogP contribution in [0.2, 0.25) is 0 Å². The van der Waals surface area contributed by atoms with Crippen molar-refractivity contribution in [3.63, 3.8) is 0 Å². The number of esters is 1. The largest absolute Gasteiger partial charge is 0.467 e. The van der Waals surface area contributed by atoms with Crippen LogP contribution in [0, 0.1) is 0 Å². The monoisotopic (exact) mass is 194 g/mol. The summed E-state index contributed by atoms with van der Waals surface area (Å²) in [5.41, 5.74) is 1.74. The van der Waals surface area contributed by atoms with E-state index in [0.29, 0.717) is 5.56 Å². The zero-order valence-electron chi connectivity index (χ0n) is 8.36. The Kier molecular flexibility index (Phi) is 3.65. The van der Waals surface area contributed by atoms with Crippen LogP contribution < -0.4 is 0 Å². The SMILES string of the molecule is CCc1ccc([C@@H](O)C(=O)OC)cc1. The number of benzene rings is 1. The van der Waals surface area contributed by atoms with E-state index in [1.807, 2.05) is 19.1 Å². The van der Waals surface area contributed by atoms with Gasteiger partial charge in [0.2, 0.25) is 0 Å². The summed E-state index contributed by atoms with van der Waals surface area (Å²) < 4.78 is 4.43. The molecular formula is C11H14O3. The molecule has 1 aromatic carbocycles. The lowest BCUT2D eigenvalue weighted by molar-refractivity contribution is -0.150. The minimum absolute atomic E-state index is 0.564. The zero-order chi connectivity index (χ0) is 10.6. The number of carbonyl (C=O) groups excluding carboxylic acids is 1. The van der Waals surface area contributed by atoms with E-state index in [9.17, 15) is 9.90 Å². The molecule has 0 bridgehead atoms. The molecule has 0 amide bonds. The molecule has 0 aliphatic rings. The molecule has 1 atom stereocenters. The number of ether oxygens (including phenoxy) is 1. The Morgan fingerprint density at radius 3 is 2.43 bits per heavy atom. The summed E-state index contributed by atoms with van der Waals surface area (Å²) >= 11 is 0. The molecule has 1 rings (SSSR count). The number of aliphatic hydroxyl groups is 1. The maximum absolute atomic E-state index is 11.0. The highest BCUT2D eigenvalue weighted by Gasteiger charge is 2.16. The first-order chi connectivity index (χ1) is 6.69. The van der Waals surface area contributed by atoms with Crippen molar-refractivity contribution in [2.24, 2.45) is 0 Å². The smallest absolute Gasteiger partial charge is 0.339 e. The standard InChI is InChI=1S/C11H14O3/c1-3-8-4-6-9(7-5-8)10(12)11(13)14-2/h4-7,10,12H,3H2,1-2H3/t10-/m1/s1. The predicted molar refractivity (Wildman–Crippen MR) is 52.8 cm³/mol. The van der Waals surface area contributed by atoms with Gasteiger partial charge >= 0.3 is 5.97 Å². The van der Waals surface area contributed by atoms with E-state index in [1.54, 1.807) is 12.1 Å². The number of methoxy groups -OCH3 is 1. The van der Waals surface area contributed by atoms with Gasteiger partial charge < -0.3 is 9.84 Å². The molecular weight excluding hydrogens is 180 g/mol. The summed E-state index contributed by atoms with van der Waals surface area (Å²) in [5, 5.41) is 9.48. The molecule has 76 valence electrons. The topological polar surface area (TPSA) is 46.5 Å². The number of aryl methyl sites for hydroxylation is 1. The fourth-order valence-corrected chi connectivity index (χ4v) is 1.18. The van der Waals surface area contributed by atoms with Crippen molar-refractivity contribution in [3.8, 4) is 0 Å². The molecule has 0 unspecified atom stereocenters. The molecule has 0 spiro atoms. The fraction of sp³-hybridized carbons (Fsp3) is 0.364. The molecule has 0 saturated carbocycles. The van der Waals surface area contributed by atoms with Crippen LogP contribution in [0.5, 0.6) is 0 Å². The summed E-state index contributed by atoms with van der Waals surface area (Å²) in [4.78, 5) is 11.0. The maximum Gasteiger partial charge on any atom is 0.339 e. The third-order valence-electron chi connectivity index (χ3n) is 2.13. The average Bonchev–Trinajstić information content (AvgIpc) is 2.27. The number of rotatable bonds is 3. The molecule has 3 nitrogen and oxygen atoms in total. The zero-order valence-corrected chi connectivity index (χ0v) is 8.36. The van der Waals surface area contributed by atoms with Crippen molar-refractivity contribution < 1.29 is 14.6 Å². The highest BCUT2D eigenvalue weighted by atomic mass is 16.5. The lowest BCUT2D eigenvalue weighted by Gasteiger charge is -2.08. The third kappa shape index (κ3) is 2.33. The van der Waals surface area contributed by atoms with Crippen molar-refractivity contribution in [2.45, 2.75) is 19.4 Å². The van der Waals surface area contributed by atoms with Gasteiger partial charge in [-0.05, 0) is 17.5 Å². The van der Waals surface area contributed by atoms with Crippen LogP contribution >= 0.6 is 0 Å². The van der Waals surface area contributed by atoms with Gasteiger partial charge in [0.05, 0.1) is 7.11 Å². The van der Waals surface area contributed by atoms with Crippen LogP contribution in [-0.2, 0) is 16.0 Å². The van der Waals surface area contributed by atoms with Gasteiger partial charge in [0.15, 0.2) is 6.10 Å². The number of carbonyl (C=O) groups is 1. The molecule has 0 radical (unpaired) electrons. The second kappa shape index (κ2) is 4.77. The Bertz CT molecular complexity index is 303.